The Morgan fingerprint density at radius 1 is 1.39 bits per heavy atom. The average Bonchev–Trinajstić information content (AvgIpc) is 2.55. The Labute approximate surface area is 110 Å². The summed E-state index contributed by atoms with van der Waals surface area (Å²) in [5, 5.41) is 0. The fourth-order valence-corrected chi connectivity index (χ4v) is 2.28. The summed E-state index contributed by atoms with van der Waals surface area (Å²) in [6, 6.07) is 3.12. The molecular weight excluding hydrogens is 313 g/mol. The van der Waals surface area contributed by atoms with Gasteiger partial charge >= 0.3 is 6.18 Å². The first-order valence-corrected chi connectivity index (χ1v) is 6.01. The molecule has 1 amide bonds. The first kappa shape index (κ1) is 13.4. The molecule has 0 aromatic heterocycles. The van der Waals surface area contributed by atoms with Crippen LogP contribution in [0.2, 0.25) is 0 Å². The van der Waals surface area contributed by atoms with Gasteiger partial charge in [-0.15, -0.1) is 0 Å². The molecule has 18 heavy (non-hydrogen) atoms. The summed E-state index contributed by atoms with van der Waals surface area (Å²) >= 11 is 3.11. The molecule has 1 aromatic rings. The van der Waals surface area contributed by atoms with Crippen LogP contribution in [-0.4, -0.2) is 18.5 Å². The van der Waals surface area contributed by atoms with Crippen LogP contribution in [0, 0.1) is 0 Å². The van der Waals surface area contributed by atoms with Crippen LogP contribution in [0.5, 0.6) is 0 Å². The number of hydrogen-bond acceptors (Lipinski definition) is 2. The van der Waals surface area contributed by atoms with Crippen molar-refractivity contribution >= 4 is 27.5 Å². The van der Waals surface area contributed by atoms with Crippen LogP contribution in [0.15, 0.2) is 22.7 Å². The predicted molar refractivity (Wildman–Crippen MR) is 64.1 cm³/mol. The number of benzene rings is 1. The number of amides is 1. The molecule has 1 aromatic carbocycles. The van der Waals surface area contributed by atoms with E-state index in [2.05, 4.69) is 15.9 Å². The van der Waals surface area contributed by atoms with E-state index in [0.29, 0.717) is 4.47 Å². The topological polar surface area (TPSA) is 46.3 Å². The average molecular weight is 323 g/mol. The molecule has 1 aliphatic rings. The zero-order valence-electron chi connectivity index (χ0n) is 9.17. The number of hydrogen-bond donors (Lipinski definition) is 1. The molecule has 1 heterocycles. The van der Waals surface area contributed by atoms with Gasteiger partial charge in [0, 0.05) is 23.5 Å². The van der Waals surface area contributed by atoms with Crippen LogP contribution >= 0.6 is 15.9 Å². The van der Waals surface area contributed by atoms with Crippen molar-refractivity contribution in [1.29, 1.82) is 0 Å². The quantitative estimate of drug-likeness (QED) is 0.863. The number of carbonyl (C=O) groups excluding carboxylic acids is 1. The molecule has 2 N–H and O–H groups in total. The maximum Gasteiger partial charge on any atom is 0.418 e. The summed E-state index contributed by atoms with van der Waals surface area (Å²) in [4.78, 5) is 12.7. The van der Waals surface area contributed by atoms with Gasteiger partial charge in [-0.3, -0.25) is 4.79 Å². The van der Waals surface area contributed by atoms with Gasteiger partial charge in [0.25, 0.3) is 0 Å². The third-order valence-electron chi connectivity index (χ3n) is 2.71. The second-order valence-corrected chi connectivity index (χ2v) is 5.04. The Balaban J connectivity index is 2.49. The second-order valence-electron chi connectivity index (χ2n) is 4.13. The number of nitrogens with zero attached hydrogens (tertiary/aromatic N) is 1. The van der Waals surface area contributed by atoms with E-state index in [4.69, 9.17) is 5.73 Å². The largest absolute Gasteiger partial charge is 0.418 e. The Bertz CT molecular complexity index is 490. The number of halogens is 4. The van der Waals surface area contributed by atoms with Crippen LogP contribution in [0.25, 0.3) is 0 Å². The van der Waals surface area contributed by atoms with Crippen molar-refractivity contribution in [3.63, 3.8) is 0 Å². The molecule has 1 fully saturated rings. The molecule has 0 radical (unpaired) electrons. The molecule has 3 nitrogen and oxygen atoms in total. The van der Waals surface area contributed by atoms with Crippen LogP contribution in [0.1, 0.15) is 12.0 Å². The van der Waals surface area contributed by atoms with Crippen LogP contribution < -0.4 is 10.6 Å². The zero-order valence-corrected chi connectivity index (χ0v) is 10.8. The maximum atomic E-state index is 12.9. The number of carbonyl (C=O) groups is 1. The minimum absolute atomic E-state index is 0.0732. The SMILES string of the molecule is NC1CC(=O)N(c2cc(Br)ccc2C(F)(F)F)C1. The van der Waals surface area contributed by atoms with E-state index in [1.54, 1.807) is 0 Å². The number of anilines is 1. The molecule has 1 atom stereocenters. The highest BCUT2D eigenvalue weighted by atomic mass is 79.9. The van der Waals surface area contributed by atoms with E-state index in [0.717, 1.165) is 11.0 Å². The molecule has 1 saturated heterocycles. The lowest BCUT2D eigenvalue weighted by molar-refractivity contribution is -0.137. The van der Waals surface area contributed by atoms with E-state index >= 15 is 0 Å². The lowest BCUT2D eigenvalue weighted by atomic mass is 10.1. The Hall–Kier alpha value is -1.08. The summed E-state index contributed by atoms with van der Waals surface area (Å²) in [6.45, 7) is 0.109. The summed E-state index contributed by atoms with van der Waals surface area (Å²) < 4.78 is 39.1. The normalized spacial score (nSPS) is 20.6. The van der Waals surface area contributed by atoms with Crippen molar-refractivity contribution in [2.45, 2.75) is 18.6 Å². The van der Waals surface area contributed by atoms with Crippen LogP contribution in [0.4, 0.5) is 18.9 Å². The maximum absolute atomic E-state index is 12.9. The predicted octanol–water partition coefficient (Wildman–Crippen LogP) is 2.53. The molecule has 0 saturated carbocycles. The molecular formula is C11H10BrF3N2O. The van der Waals surface area contributed by atoms with E-state index in [-0.39, 0.29) is 24.6 Å². The smallest absolute Gasteiger partial charge is 0.326 e. The molecule has 98 valence electrons. The molecule has 0 aliphatic carbocycles. The van der Waals surface area contributed by atoms with Crippen LogP contribution in [-0.2, 0) is 11.0 Å². The van der Waals surface area contributed by atoms with Crippen molar-refractivity contribution in [1.82, 2.24) is 0 Å². The Morgan fingerprint density at radius 2 is 2.06 bits per heavy atom. The van der Waals surface area contributed by atoms with Gasteiger partial charge in [-0.05, 0) is 18.2 Å². The second kappa shape index (κ2) is 4.55. The van der Waals surface area contributed by atoms with Gasteiger partial charge in [0.1, 0.15) is 0 Å². The molecule has 1 aliphatic heterocycles. The van der Waals surface area contributed by atoms with Gasteiger partial charge in [0.2, 0.25) is 5.91 Å². The molecule has 7 heteroatoms. The highest BCUT2D eigenvalue weighted by Gasteiger charge is 2.38. The van der Waals surface area contributed by atoms with E-state index in [1.165, 1.54) is 12.1 Å². The zero-order chi connectivity index (χ0) is 13.5. The number of alkyl halides is 3. The third kappa shape index (κ3) is 2.51. The van der Waals surface area contributed by atoms with Gasteiger partial charge in [0.15, 0.2) is 0 Å². The Morgan fingerprint density at radius 3 is 2.56 bits per heavy atom. The summed E-state index contributed by atoms with van der Waals surface area (Å²) in [6.07, 6.45) is -4.42. The summed E-state index contributed by atoms with van der Waals surface area (Å²) in [5.74, 6) is -0.383. The van der Waals surface area contributed by atoms with E-state index < -0.39 is 17.8 Å². The number of nitrogens with two attached hydrogens (primary N) is 1. The number of rotatable bonds is 1. The van der Waals surface area contributed by atoms with Gasteiger partial charge in [-0.25, -0.2) is 0 Å². The fraction of sp³-hybridized carbons (Fsp3) is 0.364. The fourth-order valence-electron chi connectivity index (χ4n) is 1.94. The van der Waals surface area contributed by atoms with E-state index in [1.807, 2.05) is 0 Å². The molecule has 0 bridgehead atoms. The highest BCUT2D eigenvalue weighted by molar-refractivity contribution is 9.10. The lowest BCUT2D eigenvalue weighted by Crippen LogP contribution is -2.29. The van der Waals surface area contributed by atoms with E-state index in [9.17, 15) is 18.0 Å². The highest BCUT2D eigenvalue weighted by Crippen LogP contribution is 2.39. The molecule has 0 spiro atoms. The van der Waals surface area contributed by atoms with Gasteiger partial charge in [-0.1, -0.05) is 15.9 Å². The van der Waals surface area contributed by atoms with Crippen LogP contribution in [0.3, 0.4) is 0 Å². The van der Waals surface area contributed by atoms with Crippen molar-refractivity contribution < 1.29 is 18.0 Å². The molecule has 1 unspecified atom stereocenters. The van der Waals surface area contributed by atoms with Gasteiger partial charge in [0.05, 0.1) is 11.3 Å². The summed E-state index contributed by atoms with van der Waals surface area (Å²) in [7, 11) is 0. The minimum Gasteiger partial charge on any atom is -0.326 e. The monoisotopic (exact) mass is 322 g/mol. The van der Waals surface area contributed by atoms with Gasteiger partial charge in [-0.2, -0.15) is 13.2 Å². The Kier molecular flexibility index (Phi) is 3.37. The standard InChI is InChI=1S/C11H10BrF3N2O/c12-6-1-2-8(11(13,14)15)9(3-6)17-5-7(16)4-10(17)18/h1-3,7H,4-5,16H2. The first-order valence-electron chi connectivity index (χ1n) is 5.21. The minimum atomic E-state index is -4.50. The third-order valence-corrected chi connectivity index (χ3v) is 3.20. The molecule has 2 rings (SSSR count). The summed E-state index contributed by atoms with van der Waals surface area (Å²) in [5.41, 5.74) is 4.63. The van der Waals surface area contributed by atoms with Crippen molar-refractivity contribution in [2.24, 2.45) is 5.73 Å². The van der Waals surface area contributed by atoms with Gasteiger partial charge < -0.3 is 10.6 Å². The van der Waals surface area contributed by atoms with Crippen molar-refractivity contribution in [2.75, 3.05) is 11.4 Å². The van der Waals surface area contributed by atoms with Crippen molar-refractivity contribution in [3.05, 3.63) is 28.2 Å². The first-order chi connectivity index (χ1) is 8.29. The van der Waals surface area contributed by atoms with Crippen molar-refractivity contribution in [3.8, 4) is 0 Å². The lowest BCUT2D eigenvalue weighted by Gasteiger charge is -2.21.